The van der Waals surface area contributed by atoms with E-state index in [1.54, 1.807) is 7.11 Å². The second-order valence-electron chi connectivity index (χ2n) is 4.82. The molecule has 5 nitrogen and oxygen atoms in total. The Balaban J connectivity index is 2.09. The molecule has 19 heavy (non-hydrogen) atoms. The molecule has 0 radical (unpaired) electrons. The Kier molecular flexibility index (Phi) is 3.95. The lowest BCUT2D eigenvalue weighted by atomic mass is 9.86. The molecule has 1 aromatic carbocycles. The first-order chi connectivity index (χ1) is 9.11. The summed E-state index contributed by atoms with van der Waals surface area (Å²) in [5.74, 6) is 0.517. The van der Waals surface area contributed by atoms with E-state index in [1.165, 1.54) is 7.11 Å². The van der Waals surface area contributed by atoms with Gasteiger partial charge in [-0.2, -0.15) is 0 Å². The molecule has 1 saturated heterocycles. The summed E-state index contributed by atoms with van der Waals surface area (Å²) in [4.78, 5) is 11.8. The summed E-state index contributed by atoms with van der Waals surface area (Å²) in [5.41, 5.74) is 1.42. The highest BCUT2D eigenvalue weighted by molar-refractivity contribution is 5.79. The second-order valence-corrected chi connectivity index (χ2v) is 4.82. The third-order valence-corrected chi connectivity index (χ3v) is 3.35. The van der Waals surface area contributed by atoms with E-state index in [-0.39, 0.29) is 5.97 Å². The highest BCUT2D eigenvalue weighted by Gasteiger charge is 2.47. The lowest BCUT2D eigenvalue weighted by Crippen LogP contribution is -2.54. The molecule has 1 fully saturated rings. The number of ether oxygens (including phenoxy) is 3. The fourth-order valence-corrected chi connectivity index (χ4v) is 2.08. The number of hydrogen-bond acceptors (Lipinski definition) is 5. The van der Waals surface area contributed by atoms with Gasteiger partial charge in [-0.1, -0.05) is 6.07 Å². The van der Waals surface area contributed by atoms with Crippen LogP contribution >= 0.6 is 0 Å². The number of rotatable bonds is 5. The average Bonchev–Trinajstić information content (AvgIpc) is 2.37. The standard InChI is InChI=1S/C14H19NO4/c1-10-4-5-12(17-2)11(6-10)15-7-14(8-19-9-14)13(16)18-3/h4-6,15H,7-9H2,1-3H3. The predicted molar refractivity (Wildman–Crippen MR) is 71.5 cm³/mol. The van der Waals surface area contributed by atoms with E-state index < -0.39 is 5.41 Å². The molecule has 1 aliphatic rings. The van der Waals surface area contributed by atoms with E-state index in [1.807, 2.05) is 25.1 Å². The summed E-state index contributed by atoms with van der Waals surface area (Å²) < 4.78 is 15.3. The molecule has 5 heteroatoms. The number of aryl methyl sites for hydroxylation is 1. The van der Waals surface area contributed by atoms with Gasteiger partial charge in [-0.15, -0.1) is 0 Å². The maximum absolute atomic E-state index is 11.8. The number of nitrogens with one attached hydrogen (secondary N) is 1. The second kappa shape index (κ2) is 5.48. The number of carbonyl (C=O) groups excluding carboxylic acids is 1. The zero-order chi connectivity index (χ0) is 13.9. The van der Waals surface area contributed by atoms with Gasteiger partial charge in [0.15, 0.2) is 0 Å². The first-order valence-corrected chi connectivity index (χ1v) is 6.16. The van der Waals surface area contributed by atoms with Crippen molar-refractivity contribution in [2.24, 2.45) is 5.41 Å². The monoisotopic (exact) mass is 265 g/mol. The minimum atomic E-state index is -0.580. The van der Waals surface area contributed by atoms with Crippen LogP contribution in [0, 0.1) is 12.3 Å². The summed E-state index contributed by atoms with van der Waals surface area (Å²) in [6.07, 6.45) is 0. The first-order valence-electron chi connectivity index (χ1n) is 6.16. The Hall–Kier alpha value is -1.75. The number of carbonyl (C=O) groups is 1. The molecule has 0 spiro atoms. The number of anilines is 1. The summed E-state index contributed by atoms with van der Waals surface area (Å²) in [7, 11) is 3.02. The van der Waals surface area contributed by atoms with Crippen molar-refractivity contribution in [3.8, 4) is 5.75 Å². The van der Waals surface area contributed by atoms with Gasteiger partial charge in [-0.3, -0.25) is 4.79 Å². The van der Waals surface area contributed by atoms with Crippen LogP contribution in [0.4, 0.5) is 5.69 Å². The fourth-order valence-electron chi connectivity index (χ4n) is 2.08. The third-order valence-electron chi connectivity index (χ3n) is 3.35. The summed E-state index contributed by atoms with van der Waals surface area (Å²) in [5, 5.41) is 3.26. The van der Waals surface area contributed by atoms with E-state index in [9.17, 15) is 4.79 Å². The number of esters is 1. The van der Waals surface area contributed by atoms with E-state index in [2.05, 4.69) is 5.32 Å². The maximum atomic E-state index is 11.8. The smallest absolute Gasteiger partial charge is 0.318 e. The quantitative estimate of drug-likeness (QED) is 0.820. The largest absolute Gasteiger partial charge is 0.495 e. The minimum Gasteiger partial charge on any atom is -0.495 e. The molecule has 0 amide bonds. The lowest BCUT2D eigenvalue weighted by molar-refractivity contribution is -0.180. The van der Waals surface area contributed by atoms with Crippen LogP contribution < -0.4 is 10.1 Å². The molecule has 2 rings (SSSR count). The van der Waals surface area contributed by atoms with Crippen molar-refractivity contribution >= 4 is 11.7 Å². The Morgan fingerprint density at radius 2 is 2.16 bits per heavy atom. The highest BCUT2D eigenvalue weighted by Crippen LogP contribution is 2.32. The van der Waals surface area contributed by atoms with Gasteiger partial charge in [-0.25, -0.2) is 0 Å². The maximum Gasteiger partial charge on any atom is 0.318 e. The molecule has 0 atom stereocenters. The van der Waals surface area contributed by atoms with Crippen molar-refractivity contribution in [2.45, 2.75) is 6.92 Å². The molecule has 104 valence electrons. The third kappa shape index (κ3) is 2.66. The molecular weight excluding hydrogens is 246 g/mol. The van der Waals surface area contributed by atoms with Crippen LogP contribution in [0.25, 0.3) is 0 Å². The molecule has 0 saturated carbocycles. The van der Waals surface area contributed by atoms with Gasteiger partial charge in [0.2, 0.25) is 0 Å². The van der Waals surface area contributed by atoms with E-state index >= 15 is 0 Å². The number of hydrogen-bond donors (Lipinski definition) is 1. The first kappa shape index (κ1) is 13.7. The normalized spacial score (nSPS) is 16.4. The predicted octanol–water partition coefficient (Wildman–Crippen LogP) is 1.61. The van der Waals surface area contributed by atoms with Gasteiger partial charge in [0.25, 0.3) is 0 Å². The zero-order valence-electron chi connectivity index (χ0n) is 11.5. The van der Waals surface area contributed by atoms with Crippen molar-refractivity contribution in [3.05, 3.63) is 23.8 Å². The minimum absolute atomic E-state index is 0.238. The van der Waals surface area contributed by atoms with Gasteiger partial charge in [0.1, 0.15) is 11.2 Å². The number of benzene rings is 1. The molecule has 0 unspecified atom stereocenters. The van der Waals surface area contributed by atoms with E-state index in [0.29, 0.717) is 19.8 Å². The number of methoxy groups -OCH3 is 2. The van der Waals surface area contributed by atoms with E-state index in [4.69, 9.17) is 14.2 Å². The molecule has 1 aromatic rings. The van der Waals surface area contributed by atoms with Crippen LogP contribution in [0.1, 0.15) is 5.56 Å². The van der Waals surface area contributed by atoms with Gasteiger partial charge in [-0.05, 0) is 24.6 Å². The summed E-state index contributed by atoms with van der Waals surface area (Å²) in [6.45, 7) is 3.26. The molecule has 1 N–H and O–H groups in total. The van der Waals surface area contributed by atoms with Crippen LogP contribution in [0.3, 0.4) is 0 Å². The van der Waals surface area contributed by atoms with Crippen LogP contribution in [0.5, 0.6) is 5.75 Å². The molecule has 1 aliphatic heterocycles. The molecule has 0 aliphatic carbocycles. The Morgan fingerprint density at radius 1 is 1.42 bits per heavy atom. The molecule has 0 aromatic heterocycles. The van der Waals surface area contributed by atoms with Crippen molar-refractivity contribution < 1.29 is 19.0 Å². The van der Waals surface area contributed by atoms with Crippen LogP contribution in [-0.4, -0.2) is 39.9 Å². The fraction of sp³-hybridized carbons (Fsp3) is 0.500. The molecule has 0 bridgehead atoms. The topological polar surface area (TPSA) is 56.8 Å². The zero-order valence-corrected chi connectivity index (χ0v) is 11.5. The van der Waals surface area contributed by atoms with Gasteiger partial charge < -0.3 is 19.5 Å². The van der Waals surface area contributed by atoms with Gasteiger partial charge in [0.05, 0.1) is 33.1 Å². The van der Waals surface area contributed by atoms with Gasteiger partial charge in [0, 0.05) is 6.54 Å². The van der Waals surface area contributed by atoms with Crippen molar-refractivity contribution in [1.82, 2.24) is 0 Å². The lowest BCUT2D eigenvalue weighted by Gasteiger charge is -2.38. The van der Waals surface area contributed by atoms with Crippen LogP contribution in [-0.2, 0) is 14.3 Å². The summed E-state index contributed by atoms with van der Waals surface area (Å²) in [6, 6.07) is 5.87. The summed E-state index contributed by atoms with van der Waals surface area (Å²) >= 11 is 0. The van der Waals surface area contributed by atoms with E-state index in [0.717, 1.165) is 17.0 Å². The van der Waals surface area contributed by atoms with Crippen molar-refractivity contribution in [2.75, 3.05) is 39.3 Å². The highest BCUT2D eigenvalue weighted by atomic mass is 16.5. The van der Waals surface area contributed by atoms with Crippen molar-refractivity contribution in [1.29, 1.82) is 0 Å². The molecule has 1 heterocycles. The van der Waals surface area contributed by atoms with Crippen LogP contribution in [0.15, 0.2) is 18.2 Å². The Labute approximate surface area is 112 Å². The molecular formula is C14H19NO4. The van der Waals surface area contributed by atoms with Gasteiger partial charge >= 0.3 is 5.97 Å². The SMILES string of the molecule is COC(=O)C1(CNc2cc(C)ccc2OC)COC1. The van der Waals surface area contributed by atoms with Crippen LogP contribution in [0.2, 0.25) is 0 Å². The average molecular weight is 265 g/mol. The Morgan fingerprint density at radius 3 is 2.68 bits per heavy atom. The van der Waals surface area contributed by atoms with Crippen molar-refractivity contribution in [3.63, 3.8) is 0 Å². The Bertz CT molecular complexity index is 469.